The molecule has 0 amide bonds. The maximum absolute atomic E-state index is 8.36. The van der Waals surface area contributed by atoms with E-state index in [-0.39, 0.29) is 6.47 Å². The lowest BCUT2D eigenvalue weighted by Crippen LogP contribution is -2.33. The van der Waals surface area contributed by atoms with Crippen LogP contribution in [0.2, 0.25) is 0 Å². The van der Waals surface area contributed by atoms with Gasteiger partial charge in [0.05, 0.1) is 0 Å². The molecule has 0 radical (unpaired) electrons. The fourth-order valence-corrected chi connectivity index (χ4v) is 4.19. The minimum atomic E-state index is -0.250. The van der Waals surface area contributed by atoms with Crippen LogP contribution < -0.4 is 5.32 Å². The maximum Gasteiger partial charge on any atom is 0.290 e. The lowest BCUT2D eigenvalue weighted by Gasteiger charge is -2.13. The molecule has 1 saturated heterocycles. The third-order valence-corrected chi connectivity index (χ3v) is 5.16. The summed E-state index contributed by atoms with van der Waals surface area (Å²) < 4.78 is 0. The van der Waals surface area contributed by atoms with E-state index >= 15 is 0 Å². The van der Waals surface area contributed by atoms with Crippen molar-refractivity contribution >= 4 is 36.1 Å². The van der Waals surface area contributed by atoms with Gasteiger partial charge in [-0.15, -0.1) is 0 Å². The van der Waals surface area contributed by atoms with Crippen molar-refractivity contribution in [1.29, 1.82) is 0 Å². The zero-order chi connectivity index (χ0) is 14.5. The third kappa shape index (κ3) is 8.30. The SMILES string of the molecule is C(=Cc1ccccc1)CNC1CSCCSC1.O=CO. The number of thioether (sulfide) groups is 2. The number of carboxylic acid groups (broad SMARTS) is 1. The molecule has 1 aliphatic heterocycles. The Balaban J connectivity index is 0.000000612. The highest BCUT2D eigenvalue weighted by atomic mass is 32.2. The van der Waals surface area contributed by atoms with Crippen molar-refractivity contribution < 1.29 is 9.90 Å². The standard InChI is InChI=1S/C14H19NS2.CH2O2/c1-2-5-13(6-3-1)7-4-8-15-14-11-16-9-10-17-12-14;2-1-3/h1-7,14-15H,8-12H2;1H,(H,2,3). The van der Waals surface area contributed by atoms with Crippen molar-refractivity contribution in [2.24, 2.45) is 0 Å². The Morgan fingerprint density at radius 2 is 1.80 bits per heavy atom. The van der Waals surface area contributed by atoms with E-state index in [0.29, 0.717) is 6.04 Å². The van der Waals surface area contributed by atoms with E-state index in [4.69, 9.17) is 9.90 Å². The second-order valence-electron chi connectivity index (χ2n) is 4.17. The van der Waals surface area contributed by atoms with E-state index < -0.39 is 0 Å². The van der Waals surface area contributed by atoms with Crippen molar-refractivity contribution in [3.8, 4) is 0 Å². The van der Waals surface area contributed by atoms with Gasteiger partial charge in [-0.3, -0.25) is 4.79 Å². The molecular formula is C15H21NO2S2. The van der Waals surface area contributed by atoms with E-state index in [9.17, 15) is 0 Å². The van der Waals surface area contributed by atoms with Crippen LogP contribution in [0, 0.1) is 0 Å². The van der Waals surface area contributed by atoms with Crippen LogP contribution in [0.25, 0.3) is 6.08 Å². The minimum Gasteiger partial charge on any atom is -0.483 e. The Labute approximate surface area is 129 Å². The van der Waals surface area contributed by atoms with Gasteiger partial charge in [-0.1, -0.05) is 42.5 Å². The Kier molecular flexibility index (Phi) is 10.2. The molecule has 0 bridgehead atoms. The molecule has 2 rings (SSSR count). The average molecular weight is 311 g/mol. The summed E-state index contributed by atoms with van der Waals surface area (Å²) in [6, 6.07) is 11.1. The van der Waals surface area contributed by atoms with Crippen LogP contribution in [-0.4, -0.2) is 47.2 Å². The lowest BCUT2D eigenvalue weighted by molar-refractivity contribution is -0.122. The summed E-state index contributed by atoms with van der Waals surface area (Å²) in [6.07, 6.45) is 4.40. The van der Waals surface area contributed by atoms with Gasteiger partial charge in [0, 0.05) is 35.6 Å². The number of nitrogens with one attached hydrogen (secondary N) is 1. The summed E-state index contributed by atoms with van der Waals surface area (Å²) >= 11 is 4.14. The van der Waals surface area contributed by atoms with Gasteiger partial charge in [0.2, 0.25) is 0 Å². The second kappa shape index (κ2) is 11.9. The fourth-order valence-electron chi connectivity index (χ4n) is 1.73. The average Bonchev–Trinajstić information content (AvgIpc) is 2.74. The first-order valence-electron chi connectivity index (χ1n) is 6.55. The number of carbonyl (C=O) groups is 1. The van der Waals surface area contributed by atoms with E-state index in [0.717, 1.165) is 6.54 Å². The molecule has 0 unspecified atom stereocenters. The first-order valence-corrected chi connectivity index (χ1v) is 8.86. The predicted octanol–water partition coefficient (Wildman–Crippen LogP) is 2.84. The smallest absolute Gasteiger partial charge is 0.290 e. The monoisotopic (exact) mass is 311 g/mol. The summed E-state index contributed by atoms with van der Waals surface area (Å²) in [6.45, 7) is 0.723. The molecule has 0 spiro atoms. The summed E-state index contributed by atoms with van der Waals surface area (Å²) in [5.74, 6) is 5.13. The summed E-state index contributed by atoms with van der Waals surface area (Å²) in [5.41, 5.74) is 1.28. The zero-order valence-electron chi connectivity index (χ0n) is 11.4. The highest BCUT2D eigenvalue weighted by Crippen LogP contribution is 2.16. The largest absolute Gasteiger partial charge is 0.483 e. The zero-order valence-corrected chi connectivity index (χ0v) is 13.0. The molecule has 5 heteroatoms. The summed E-state index contributed by atoms with van der Waals surface area (Å²) in [7, 11) is 0. The molecule has 1 fully saturated rings. The van der Waals surface area contributed by atoms with Crippen LogP contribution in [0.15, 0.2) is 36.4 Å². The fraction of sp³-hybridized carbons (Fsp3) is 0.400. The number of benzene rings is 1. The quantitative estimate of drug-likeness (QED) is 0.837. The number of hydrogen-bond acceptors (Lipinski definition) is 4. The molecule has 0 saturated carbocycles. The van der Waals surface area contributed by atoms with Gasteiger partial charge in [-0.2, -0.15) is 23.5 Å². The van der Waals surface area contributed by atoms with Crippen LogP contribution in [0.1, 0.15) is 5.56 Å². The Morgan fingerprint density at radius 3 is 2.40 bits per heavy atom. The molecule has 0 atom stereocenters. The van der Waals surface area contributed by atoms with Gasteiger partial charge in [0.15, 0.2) is 0 Å². The van der Waals surface area contributed by atoms with Crippen molar-refractivity contribution in [2.45, 2.75) is 6.04 Å². The molecule has 1 aromatic carbocycles. The first kappa shape index (κ1) is 17.1. The van der Waals surface area contributed by atoms with Gasteiger partial charge < -0.3 is 10.4 Å². The van der Waals surface area contributed by atoms with Crippen LogP contribution in [-0.2, 0) is 4.79 Å². The van der Waals surface area contributed by atoms with Gasteiger partial charge in [-0.25, -0.2) is 0 Å². The van der Waals surface area contributed by atoms with Gasteiger partial charge >= 0.3 is 0 Å². The van der Waals surface area contributed by atoms with Crippen molar-refractivity contribution in [1.82, 2.24) is 5.32 Å². The van der Waals surface area contributed by atoms with Crippen LogP contribution in [0.3, 0.4) is 0 Å². The highest BCUT2D eigenvalue weighted by Gasteiger charge is 2.10. The lowest BCUT2D eigenvalue weighted by atomic mass is 10.2. The molecule has 110 valence electrons. The third-order valence-electron chi connectivity index (χ3n) is 2.64. The number of hydrogen-bond donors (Lipinski definition) is 2. The van der Waals surface area contributed by atoms with Gasteiger partial charge in [-0.05, 0) is 5.56 Å². The normalized spacial score (nSPS) is 16.2. The molecule has 0 aromatic heterocycles. The van der Waals surface area contributed by atoms with Crippen LogP contribution >= 0.6 is 23.5 Å². The number of rotatable bonds is 4. The summed E-state index contributed by atoms with van der Waals surface area (Å²) in [5, 5.41) is 10.5. The van der Waals surface area contributed by atoms with Crippen molar-refractivity contribution in [2.75, 3.05) is 29.6 Å². The maximum atomic E-state index is 8.36. The molecule has 1 aliphatic rings. The predicted molar refractivity (Wildman–Crippen MR) is 90.6 cm³/mol. The Morgan fingerprint density at radius 1 is 1.20 bits per heavy atom. The van der Waals surface area contributed by atoms with Gasteiger partial charge in [0.25, 0.3) is 6.47 Å². The van der Waals surface area contributed by atoms with Crippen LogP contribution in [0.4, 0.5) is 0 Å². The second-order valence-corrected chi connectivity index (χ2v) is 6.47. The first-order chi connectivity index (χ1) is 9.86. The van der Waals surface area contributed by atoms with Crippen LogP contribution in [0.5, 0.6) is 0 Å². The minimum absolute atomic E-state index is 0.250. The van der Waals surface area contributed by atoms with E-state index in [2.05, 4.69) is 71.3 Å². The van der Waals surface area contributed by atoms with Crippen molar-refractivity contribution in [3.63, 3.8) is 0 Å². The Bertz CT molecular complexity index is 377. The molecule has 1 aromatic rings. The highest BCUT2D eigenvalue weighted by molar-refractivity contribution is 8.03. The molecule has 2 N–H and O–H groups in total. The summed E-state index contributed by atoms with van der Waals surface area (Å²) in [4.78, 5) is 8.36. The van der Waals surface area contributed by atoms with E-state index in [1.807, 2.05) is 0 Å². The molecule has 3 nitrogen and oxygen atoms in total. The van der Waals surface area contributed by atoms with Gasteiger partial charge in [0.1, 0.15) is 0 Å². The molecule has 0 aliphatic carbocycles. The van der Waals surface area contributed by atoms with E-state index in [1.165, 1.54) is 28.6 Å². The topological polar surface area (TPSA) is 49.3 Å². The molecule has 20 heavy (non-hydrogen) atoms. The van der Waals surface area contributed by atoms with E-state index in [1.54, 1.807) is 0 Å². The molecular weight excluding hydrogens is 290 g/mol. The Hall–Kier alpha value is -0.910. The molecule has 1 heterocycles. The van der Waals surface area contributed by atoms with Crippen molar-refractivity contribution in [3.05, 3.63) is 42.0 Å².